The molecule has 1 aromatic rings. The maximum absolute atomic E-state index is 14.2. The van der Waals surface area contributed by atoms with Gasteiger partial charge in [0.1, 0.15) is 0 Å². The van der Waals surface area contributed by atoms with E-state index in [4.69, 9.17) is 4.74 Å². The fourth-order valence-corrected chi connectivity index (χ4v) is 1.63. The lowest BCUT2D eigenvalue weighted by atomic mass is 10.1. The van der Waals surface area contributed by atoms with E-state index in [0.717, 1.165) is 4.68 Å². The number of hydrogen-bond donors (Lipinski definition) is 0. The van der Waals surface area contributed by atoms with E-state index >= 15 is 0 Å². The van der Waals surface area contributed by atoms with Crippen LogP contribution in [0.2, 0.25) is 0 Å². The summed E-state index contributed by atoms with van der Waals surface area (Å²) in [7, 11) is 0. The van der Waals surface area contributed by atoms with Gasteiger partial charge in [0.05, 0.1) is 24.1 Å². The van der Waals surface area contributed by atoms with Crippen molar-refractivity contribution < 1.29 is 18.3 Å². The Bertz CT molecular complexity index is 495. The second kappa shape index (κ2) is 7.25. The molecule has 0 N–H and O–H groups in total. The molecule has 0 aromatic carbocycles. The molecule has 0 aliphatic rings. The van der Waals surface area contributed by atoms with Crippen LogP contribution in [-0.2, 0) is 22.5 Å². The summed E-state index contributed by atoms with van der Waals surface area (Å²) >= 11 is 0. The van der Waals surface area contributed by atoms with Gasteiger partial charge in [-0.25, -0.2) is 9.07 Å². The average Bonchev–Trinajstić information content (AvgIpc) is 2.71. The number of allylic oxidation sites excluding steroid dienone is 2. The van der Waals surface area contributed by atoms with E-state index in [9.17, 15) is 13.6 Å². The molecule has 0 aliphatic carbocycles. The topological polar surface area (TPSA) is 44.1 Å². The predicted octanol–water partition coefficient (Wildman–Crippen LogP) is 2.63. The zero-order valence-corrected chi connectivity index (χ0v) is 10.3. The Balaban J connectivity index is 3.25. The van der Waals surface area contributed by atoms with Gasteiger partial charge in [-0.1, -0.05) is 18.7 Å². The summed E-state index contributed by atoms with van der Waals surface area (Å²) in [5.41, 5.74) is 0.349. The van der Waals surface area contributed by atoms with E-state index in [1.165, 1.54) is 18.2 Å². The summed E-state index contributed by atoms with van der Waals surface area (Å²) in [5, 5.41) is 4.00. The molecule has 0 aliphatic heterocycles. The predicted molar refractivity (Wildman–Crippen MR) is 66.4 cm³/mol. The lowest BCUT2D eigenvalue weighted by molar-refractivity contribution is -0.131. The molecular formula is C13H14F2N2O2. The zero-order chi connectivity index (χ0) is 14.3. The number of carbonyl (C=O) groups is 1. The summed E-state index contributed by atoms with van der Waals surface area (Å²) in [6, 6.07) is 0. The van der Waals surface area contributed by atoms with Gasteiger partial charge in [0.2, 0.25) is 5.95 Å². The Morgan fingerprint density at radius 3 is 2.74 bits per heavy atom. The van der Waals surface area contributed by atoms with E-state index in [0.29, 0.717) is 6.33 Å². The molecule has 0 fully saturated rings. The van der Waals surface area contributed by atoms with Crippen molar-refractivity contribution >= 4 is 6.47 Å². The van der Waals surface area contributed by atoms with Gasteiger partial charge in [-0.15, -0.1) is 6.58 Å². The molecule has 1 heterocycles. The highest BCUT2D eigenvalue weighted by molar-refractivity contribution is 5.40. The molecule has 1 aromatic heterocycles. The number of aromatic nitrogens is 2. The van der Waals surface area contributed by atoms with Gasteiger partial charge in [-0.05, 0) is 6.08 Å². The van der Waals surface area contributed by atoms with Gasteiger partial charge in [0.15, 0.2) is 6.10 Å². The molecule has 1 unspecified atom stereocenters. The second-order valence-electron chi connectivity index (χ2n) is 3.58. The molecule has 0 spiro atoms. The third-order valence-electron chi connectivity index (χ3n) is 2.40. The van der Waals surface area contributed by atoms with Crippen molar-refractivity contribution in [1.82, 2.24) is 9.78 Å². The fraction of sp³-hybridized carbons (Fsp3) is 0.231. The lowest BCUT2D eigenvalue weighted by Gasteiger charge is -2.10. The van der Waals surface area contributed by atoms with Crippen LogP contribution in [0.3, 0.4) is 0 Å². The second-order valence-corrected chi connectivity index (χ2v) is 3.58. The number of halogens is 2. The molecule has 6 heteroatoms. The van der Waals surface area contributed by atoms with Crippen LogP contribution < -0.4 is 0 Å². The highest BCUT2D eigenvalue weighted by atomic mass is 19.1. The summed E-state index contributed by atoms with van der Waals surface area (Å²) in [6.45, 7) is 7.32. The first-order chi connectivity index (χ1) is 9.19. The Kier molecular flexibility index (Phi) is 5.66. The van der Waals surface area contributed by atoms with Crippen LogP contribution in [0.5, 0.6) is 0 Å². The maximum Gasteiger partial charge on any atom is 0.294 e. The Hall–Kier alpha value is -2.24. The van der Waals surface area contributed by atoms with Crippen molar-refractivity contribution in [3.05, 3.63) is 54.9 Å². The van der Waals surface area contributed by atoms with E-state index in [-0.39, 0.29) is 30.7 Å². The molecule has 0 amide bonds. The fourth-order valence-electron chi connectivity index (χ4n) is 1.63. The smallest absolute Gasteiger partial charge is 0.294 e. The molecule has 0 bridgehead atoms. The normalized spacial score (nSPS) is 12.3. The zero-order valence-electron chi connectivity index (χ0n) is 10.3. The largest absolute Gasteiger partial charge is 0.455 e. The Morgan fingerprint density at radius 2 is 2.21 bits per heavy atom. The molecule has 102 valence electrons. The van der Waals surface area contributed by atoms with Crippen molar-refractivity contribution in [2.45, 2.75) is 19.1 Å². The number of nitrogens with zero attached hydrogens (tertiary/aromatic N) is 2. The molecule has 0 radical (unpaired) electrons. The quantitative estimate of drug-likeness (QED) is 0.537. The summed E-state index contributed by atoms with van der Waals surface area (Å²) in [6.07, 6.45) is 3.40. The van der Waals surface area contributed by atoms with Crippen molar-refractivity contribution in [2.75, 3.05) is 0 Å². The van der Waals surface area contributed by atoms with Crippen LogP contribution in [0.4, 0.5) is 8.78 Å². The highest BCUT2D eigenvalue weighted by Gasteiger charge is 2.24. The van der Waals surface area contributed by atoms with E-state index in [2.05, 4.69) is 18.3 Å². The molecule has 0 saturated carbocycles. The highest BCUT2D eigenvalue weighted by Crippen LogP contribution is 2.25. The molecule has 1 rings (SSSR count). The number of carbonyl (C=O) groups excluding carboxylic acids is 1. The first-order valence-corrected chi connectivity index (χ1v) is 5.52. The van der Waals surface area contributed by atoms with Crippen molar-refractivity contribution in [3.8, 4) is 0 Å². The van der Waals surface area contributed by atoms with E-state index in [1.54, 1.807) is 0 Å². The summed E-state index contributed by atoms with van der Waals surface area (Å²) < 4.78 is 32.0. The SMILES string of the molecule is C=CCn1nc(CC=CF)c(C(C=C)OC=O)c1F. The Morgan fingerprint density at radius 1 is 1.47 bits per heavy atom. The van der Waals surface area contributed by atoms with Crippen LogP contribution in [-0.4, -0.2) is 16.3 Å². The van der Waals surface area contributed by atoms with Crippen LogP contribution >= 0.6 is 0 Å². The van der Waals surface area contributed by atoms with Gasteiger partial charge in [0, 0.05) is 6.42 Å². The Labute approximate surface area is 109 Å². The van der Waals surface area contributed by atoms with Gasteiger partial charge < -0.3 is 4.74 Å². The lowest BCUT2D eigenvalue weighted by Crippen LogP contribution is -2.05. The monoisotopic (exact) mass is 268 g/mol. The third kappa shape index (κ3) is 3.37. The number of hydrogen-bond acceptors (Lipinski definition) is 3. The van der Waals surface area contributed by atoms with Gasteiger partial charge in [-0.3, -0.25) is 4.79 Å². The summed E-state index contributed by atoms with van der Waals surface area (Å²) in [4.78, 5) is 10.4. The van der Waals surface area contributed by atoms with Gasteiger partial charge >= 0.3 is 0 Å². The molecule has 1 atom stereocenters. The molecule has 0 saturated heterocycles. The number of rotatable bonds is 8. The third-order valence-corrected chi connectivity index (χ3v) is 2.40. The van der Waals surface area contributed by atoms with Crippen LogP contribution in [0.15, 0.2) is 37.7 Å². The molecular weight excluding hydrogens is 254 g/mol. The molecule has 19 heavy (non-hydrogen) atoms. The minimum Gasteiger partial charge on any atom is -0.455 e. The van der Waals surface area contributed by atoms with Crippen molar-refractivity contribution in [1.29, 1.82) is 0 Å². The van der Waals surface area contributed by atoms with Crippen molar-refractivity contribution in [3.63, 3.8) is 0 Å². The minimum absolute atomic E-state index is 0.0713. The minimum atomic E-state index is -0.959. The maximum atomic E-state index is 14.2. The van der Waals surface area contributed by atoms with Crippen LogP contribution in [0.1, 0.15) is 17.4 Å². The molecule has 4 nitrogen and oxygen atoms in total. The van der Waals surface area contributed by atoms with Gasteiger partial charge in [-0.2, -0.15) is 9.49 Å². The van der Waals surface area contributed by atoms with Crippen molar-refractivity contribution in [2.24, 2.45) is 0 Å². The first-order valence-electron chi connectivity index (χ1n) is 5.52. The first kappa shape index (κ1) is 14.8. The standard InChI is InChI=1S/C13H14F2N2O2/c1-3-8-17-13(15)12(11(4-2)19-9-18)10(16-17)6-5-7-14/h3-5,7,9,11H,1-2,6,8H2. The van der Waals surface area contributed by atoms with Gasteiger partial charge in [0.25, 0.3) is 6.47 Å². The number of ether oxygens (including phenoxy) is 1. The average molecular weight is 268 g/mol. The van der Waals surface area contributed by atoms with Crippen LogP contribution in [0, 0.1) is 5.95 Å². The van der Waals surface area contributed by atoms with Crippen LogP contribution in [0.25, 0.3) is 0 Å². The summed E-state index contributed by atoms with van der Waals surface area (Å²) in [5.74, 6) is -0.658. The van der Waals surface area contributed by atoms with E-state index < -0.39 is 12.1 Å². The van der Waals surface area contributed by atoms with E-state index in [1.807, 2.05) is 0 Å².